The third kappa shape index (κ3) is 9.74. The maximum Gasteiger partial charge on any atom is 0.348 e. The van der Waals surface area contributed by atoms with Gasteiger partial charge in [0.25, 0.3) is 0 Å². The third-order valence-corrected chi connectivity index (χ3v) is 11.5. The highest BCUT2D eigenvalue weighted by atomic mass is 19.1. The minimum Gasteiger partial charge on any atom is -0.493 e. The Labute approximate surface area is 371 Å². The molecule has 8 aromatic rings. The highest BCUT2D eigenvalue weighted by molar-refractivity contribution is 5.75. The fourth-order valence-electron chi connectivity index (χ4n) is 8.12. The molecule has 4 aromatic heterocycles. The quantitative estimate of drug-likeness (QED) is 0.114. The van der Waals surface area contributed by atoms with Gasteiger partial charge in [0.1, 0.15) is 29.9 Å². The summed E-state index contributed by atoms with van der Waals surface area (Å²) in [5.41, 5.74) is 4.87. The maximum absolute atomic E-state index is 13.4. The van der Waals surface area contributed by atoms with Crippen LogP contribution in [0.2, 0.25) is 0 Å². The lowest BCUT2D eigenvalue weighted by Gasteiger charge is -2.17. The summed E-state index contributed by atoms with van der Waals surface area (Å²) < 4.78 is 51.0. The minimum absolute atomic E-state index is 0.0809. The van der Waals surface area contributed by atoms with E-state index >= 15 is 0 Å². The van der Waals surface area contributed by atoms with Gasteiger partial charge in [-0.3, -0.25) is 9.13 Å². The van der Waals surface area contributed by atoms with Crippen molar-refractivity contribution in [1.29, 1.82) is 5.26 Å². The fourth-order valence-corrected chi connectivity index (χ4v) is 8.12. The summed E-state index contributed by atoms with van der Waals surface area (Å²) >= 11 is 0. The van der Waals surface area contributed by atoms with Gasteiger partial charge in [-0.2, -0.15) is 5.26 Å². The predicted molar refractivity (Wildman–Crippen MR) is 238 cm³/mol. The predicted octanol–water partition coefficient (Wildman–Crippen LogP) is 8.87. The van der Waals surface area contributed by atoms with E-state index in [2.05, 4.69) is 26.0 Å². The number of benzene rings is 4. The second-order valence-corrected chi connectivity index (χ2v) is 15.9. The van der Waals surface area contributed by atoms with Crippen molar-refractivity contribution in [1.82, 2.24) is 29.1 Å². The molecule has 4 aromatic carbocycles. The summed E-state index contributed by atoms with van der Waals surface area (Å²) in [7, 11) is 3.24. The molecular weight excluding hydrogens is 834 g/mol. The number of aromatic nitrogens is 6. The molecule has 10 rings (SSSR count). The largest absolute Gasteiger partial charge is 0.493 e. The number of rotatable bonds is 12. The first-order chi connectivity index (χ1) is 31.7. The van der Waals surface area contributed by atoms with Gasteiger partial charge in [0.2, 0.25) is 11.8 Å². The second-order valence-electron chi connectivity index (χ2n) is 15.9. The van der Waals surface area contributed by atoms with Gasteiger partial charge in [-0.1, -0.05) is 12.1 Å². The Morgan fingerprint density at radius 2 is 1.11 bits per heavy atom. The first kappa shape index (κ1) is 42.5. The molecule has 2 fully saturated rings. The lowest BCUT2D eigenvalue weighted by atomic mass is 10.1. The van der Waals surface area contributed by atoms with Gasteiger partial charge in [0, 0.05) is 42.0 Å². The van der Waals surface area contributed by atoms with Crippen LogP contribution in [-0.4, -0.2) is 55.5 Å². The molecule has 65 heavy (non-hydrogen) atoms. The zero-order chi connectivity index (χ0) is 44.9. The van der Waals surface area contributed by atoms with Crippen LogP contribution in [0.4, 0.5) is 4.39 Å². The van der Waals surface area contributed by atoms with Gasteiger partial charge in [0.05, 0.1) is 38.1 Å². The molecule has 0 N–H and O–H groups in total. The molecule has 16 heteroatoms. The number of hydrogen-bond acceptors (Lipinski definition) is 13. The summed E-state index contributed by atoms with van der Waals surface area (Å²) in [5.74, 6) is 2.97. The van der Waals surface area contributed by atoms with Gasteiger partial charge >= 0.3 is 11.4 Å². The monoisotopic (exact) mass is 877 g/mol. The standard InChI is InChI=1S/C25H22N4O4.C24H22FN3O4/c1-31-22-9-7-17(11-23(22)32-19-4-2-3-5-19)18-13-27-25(30)29(14-18)15-24-28-20-10-16(12-26)6-8-21(20)33-24;1-30-21-8-6-15(10-22(21)31-18-4-2-3-5-18)16-12-26-24(29)28(13-16)14-23-27-19-11-17(25)7-9-20(19)32-23/h6-11,13-14,19H,2-5,15H2,1H3;6-13,18H,2-5,14H2,1H3. The number of hydrogen-bond donors (Lipinski definition) is 0. The molecule has 0 bridgehead atoms. The average molecular weight is 878 g/mol. The molecule has 2 saturated carbocycles. The van der Waals surface area contributed by atoms with E-state index in [9.17, 15) is 14.0 Å². The first-order valence-corrected chi connectivity index (χ1v) is 21.4. The molecule has 0 radical (unpaired) electrons. The smallest absolute Gasteiger partial charge is 0.348 e. The Bertz CT molecular complexity index is 3160. The van der Waals surface area contributed by atoms with Crippen molar-refractivity contribution in [2.24, 2.45) is 0 Å². The van der Waals surface area contributed by atoms with Crippen LogP contribution >= 0.6 is 0 Å². The maximum atomic E-state index is 13.4. The van der Waals surface area contributed by atoms with E-state index in [-0.39, 0.29) is 25.3 Å². The van der Waals surface area contributed by atoms with E-state index in [1.165, 1.54) is 59.2 Å². The summed E-state index contributed by atoms with van der Waals surface area (Å²) in [6.07, 6.45) is 15.7. The van der Waals surface area contributed by atoms with Gasteiger partial charge in [-0.05, 0) is 117 Å². The van der Waals surface area contributed by atoms with Crippen molar-refractivity contribution < 1.29 is 32.2 Å². The number of nitriles is 1. The molecule has 0 unspecified atom stereocenters. The van der Waals surface area contributed by atoms with Gasteiger partial charge < -0.3 is 27.8 Å². The highest BCUT2D eigenvalue weighted by Crippen LogP contribution is 2.37. The molecule has 2 aliphatic carbocycles. The number of methoxy groups -OCH3 is 2. The van der Waals surface area contributed by atoms with Crippen LogP contribution in [0.3, 0.4) is 0 Å². The number of halogens is 1. The zero-order valence-electron chi connectivity index (χ0n) is 35.7. The molecule has 0 atom stereocenters. The summed E-state index contributed by atoms with van der Waals surface area (Å²) in [4.78, 5) is 41.5. The summed E-state index contributed by atoms with van der Waals surface area (Å²) in [5, 5.41) is 9.07. The summed E-state index contributed by atoms with van der Waals surface area (Å²) in [6.45, 7) is 0.204. The number of ether oxygens (including phenoxy) is 4. The number of nitrogens with zero attached hydrogens (tertiary/aromatic N) is 7. The highest BCUT2D eigenvalue weighted by Gasteiger charge is 2.21. The van der Waals surface area contributed by atoms with Crippen LogP contribution in [0.1, 0.15) is 68.7 Å². The Hall–Kier alpha value is -7.80. The van der Waals surface area contributed by atoms with Crippen molar-refractivity contribution >= 4 is 22.2 Å². The fraction of sp³-hybridized carbons (Fsp3) is 0.286. The van der Waals surface area contributed by atoms with E-state index < -0.39 is 17.2 Å². The van der Waals surface area contributed by atoms with Crippen molar-refractivity contribution in [2.75, 3.05) is 14.2 Å². The van der Waals surface area contributed by atoms with Crippen molar-refractivity contribution in [3.8, 4) is 51.3 Å². The lowest BCUT2D eigenvalue weighted by Crippen LogP contribution is -2.22. The van der Waals surface area contributed by atoms with E-state index in [1.807, 2.05) is 36.4 Å². The molecule has 4 heterocycles. The molecule has 330 valence electrons. The Morgan fingerprint density at radius 1 is 0.631 bits per heavy atom. The topological polar surface area (TPSA) is 183 Å². The van der Waals surface area contributed by atoms with Gasteiger partial charge in [0.15, 0.2) is 34.2 Å². The second kappa shape index (κ2) is 18.9. The SMILES string of the molecule is COc1ccc(-c2cnc(=O)n(Cc3nc4cc(C#N)ccc4o3)c2)cc1OC1CCCC1.COc1ccc(-c2cnc(=O)n(Cc3nc4cc(F)ccc4o3)c2)cc1OC1CCCC1. The molecule has 15 nitrogen and oxygen atoms in total. The van der Waals surface area contributed by atoms with E-state index in [4.69, 9.17) is 33.0 Å². The summed E-state index contributed by atoms with van der Waals surface area (Å²) in [6, 6.07) is 22.6. The van der Waals surface area contributed by atoms with Gasteiger partial charge in [-0.15, -0.1) is 0 Å². The molecular formula is C49H44FN7O8. The number of oxazole rings is 2. The third-order valence-electron chi connectivity index (χ3n) is 11.5. The normalized spacial score (nSPS) is 14.0. The number of fused-ring (bicyclic) bond motifs is 2. The van der Waals surface area contributed by atoms with Crippen molar-refractivity contribution in [3.05, 3.63) is 142 Å². The lowest BCUT2D eigenvalue weighted by molar-refractivity contribution is 0.201. The Balaban J connectivity index is 0.000000164. The van der Waals surface area contributed by atoms with Crippen LogP contribution in [0.25, 0.3) is 44.5 Å². The van der Waals surface area contributed by atoms with Crippen LogP contribution in [-0.2, 0) is 13.1 Å². The van der Waals surface area contributed by atoms with Crippen LogP contribution < -0.4 is 30.3 Å². The van der Waals surface area contributed by atoms with Crippen LogP contribution in [0, 0.1) is 17.1 Å². The molecule has 2 aliphatic rings. The Morgan fingerprint density at radius 3 is 1.58 bits per heavy atom. The molecule has 0 spiro atoms. The van der Waals surface area contributed by atoms with Crippen molar-refractivity contribution in [3.63, 3.8) is 0 Å². The van der Waals surface area contributed by atoms with Crippen LogP contribution in [0.15, 0.2) is 116 Å². The van der Waals surface area contributed by atoms with Crippen LogP contribution in [0.5, 0.6) is 23.0 Å². The molecule has 0 saturated heterocycles. The van der Waals surface area contributed by atoms with Gasteiger partial charge in [-0.25, -0.2) is 33.9 Å². The zero-order valence-corrected chi connectivity index (χ0v) is 35.7. The molecule has 0 aliphatic heterocycles. The molecule has 0 amide bonds. The Kier molecular flexibility index (Phi) is 12.4. The van der Waals surface area contributed by atoms with Crippen molar-refractivity contribution in [2.45, 2.75) is 76.7 Å². The van der Waals surface area contributed by atoms with E-state index in [0.29, 0.717) is 62.5 Å². The average Bonchev–Trinajstić information content (AvgIpc) is 4.17. The first-order valence-electron chi connectivity index (χ1n) is 21.4. The minimum atomic E-state index is -0.432. The van der Waals surface area contributed by atoms with E-state index in [1.54, 1.807) is 51.0 Å². The van der Waals surface area contributed by atoms with E-state index in [0.717, 1.165) is 47.9 Å².